The van der Waals surface area contributed by atoms with Crippen molar-refractivity contribution in [3.8, 4) is 0 Å². The van der Waals surface area contributed by atoms with Gasteiger partial charge in [0.25, 0.3) is 0 Å². The Morgan fingerprint density at radius 3 is 2.47 bits per heavy atom. The van der Waals surface area contributed by atoms with E-state index >= 15 is 0 Å². The van der Waals surface area contributed by atoms with Crippen LogP contribution in [0.2, 0.25) is 0 Å². The van der Waals surface area contributed by atoms with E-state index in [-0.39, 0.29) is 24.3 Å². The summed E-state index contributed by atoms with van der Waals surface area (Å²) in [6, 6.07) is -0.564. The van der Waals surface area contributed by atoms with Crippen molar-refractivity contribution >= 4 is 11.8 Å². The summed E-state index contributed by atoms with van der Waals surface area (Å²) in [4.78, 5) is 22.8. The minimum atomic E-state index is -0.564. The summed E-state index contributed by atoms with van der Waals surface area (Å²) in [7, 11) is 0. The van der Waals surface area contributed by atoms with Crippen LogP contribution in [0.25, 0.3) is 0 Å². The molecule has 0 unspecified atom stereocenters. The first kappa shape index (κ1) is 15.6. The Morgan fingerprint density at radius 2 is 1.94 bits per heavy atom. The van der Waals surface area contributed by atoms with Crippen molar-refractivity contribution in [1.29, 1.82) is 0 Å². The van der Waals surface area contributed by atoms with Crippen LogP contribution in [-0.2, 0) is 9.59 Å². The highest BCUT2D eigenvalue weighted by atomic mass is 16.2. The third-order valence-corrected chi connectivity index (χ3v) is 2.31. The first-order valence-corrected chi connectivity index (χ1v) is 5.90. The minimum absolute atomic E-state index is 0.0188. The Kier molecular flexibility index (Phi) is 8.05. The molecule has 5 heteroatoms. The fourth-order valence-electron chi connectivity index (χ4n) is 1.11. The summed E-state index contributed by atoms with van der Waals surface area (Å²) in [5.74, 6) is -0.421. The molecule has 0 bridgehead atoms. The van der Waals surface area contributed by atoms with Gasteiger partial charge in [-0.15, -0.1) is 0 Å². The van der Waals surface area contributed by atoms with Gasteiger partial charge in [-0.25, -0.2) is 0 Å². The zero-order chi connectivity index (χ0) is 13.3. The Labute approximate surface area is 103 Å². The van der Waals surface area contributed by atoms with Gasteiger partial charge >= 0.3 is 0 Å². The van der Waals surface area contributed by atoms with E-state index in [1.807, 2.05) is 32.9 Å². The summed E-state index contributed by atoms with van der Waals surface area (Å²) >= 11 is 0. The van der Waals surface area contributed by atoms with Crippen LogP contribution in [0.1, 0.15) is 27.2 Å². The highest BCUT2D eigenvalue weighted by molar-refractivity contribution is 5.87. The molecule has 0 aromatic carbocycles. The molecule has 4 N–H and O–H groups in total. The smallest absolute Gasteiger partial charge is 0.239 e. The number of carbonyl (C=O) groups excluding carboxylic acids is 2. The molecule has 17 heavy (non-hydrogen) atoms. The van der Waals surface area contributed by atoms with Crippen molar-refractivity contribution in [1.82, 2.24) is 10.6 Å². The number of hydrogen-bond donors (Lipinski definition) is 3. The van der Waals surface area contributed by atoms with Crippen molar-refractivity contribution in [3.05, 3.63) is 12.2 Å². The molecule has 98 valence electrons. The van der Waals surface area contributed by atoms with Gasteiger partial charge in [-0.3, -0.25) is 9.59 Å². The number of rotatable bonds is 7. The van der Waals surface area contributed by atoms with E-state index < -0.39 is 6.04 Å². The molecular formula is C12H23N3O2. The molecule has 0 spiro atoms. The molecule has 0 saturated heterocycles. The van der Waals surface area contributed by atoms with Crippen LogP contribution >= 0.6 is 0 Å². The lowest BCUT2D eigenvalue weighted by atomic mass is 10.1. The fourth-order valence-corrected chi connectivity index (χ4v) is 1.11. The fraction of sp³-hybridized carbons (Fsp3) is 0.667. The van der Waals surface area contributed by atoms with Gasteiger partial charge in [0.15, 0.2) is 0 Å². The molecule has 0 aliphatic carbocycles. The predicted octanol–water partition coefficient (Wildman–Crippen LogP) is 0.168. The van der Waals surface area contributed by atoms with Gasteiger partial charge in [-0.05, 0) is 19.3 Å². The van der Waals surface area contributed by atoms with E-state index in [2.05, 4.69) is 10.6 Å². The maximum absolute atomic E-state index is 11.4. The van der Waals surface area contributed by atoms with Gasteiger partial charge < -0.3 is 16.4 Å². The normalized spacial score (nSPS) is 12.8. The number of allylic oxidation sites excluding steroid dienone is 1. The zero-order valence-electron chi connectivity index (χ0n) is 10.8. The van der Waals surface area contributed by atoms with Gasteiger partial charge in [-0.1, -0.05) is 26.0 Å². The molecule has 0 fully saturated rings. The maximum atomic E-state index is 11.4. The second-order valence-electron chi connectivity index (χ2n) is 4.20. The zero-order valence-corrected chi connectivity index (χ0v) is 10.8. The first-order valence-electron chi connectivity index (χ1n) is 5.90. The van der Waals surface area contributed by atoms with E-state index in [1.54, 1.807) is 0 Å². The van der Waals surface area contributed by atoms with Gasteiger partial charge in [0.05, 0.1) is 12.6 Å². The van der Waals surface area contributed by atoms with Crippen LogP contribution in [-0.4, -0.2) is 30.9 Å². The quantitative estimate of drug-likeness (QED) is 0.439. The molecule has 0 saturated carbocycles. The summed E-state index contributed by atoms with van der Waals surface area (Å²) < 4.78 is 0. The number of carbonyl (C=O) groups is 2. The lowest BCUT2D eigenvalue weighted by molar-refractivity contribution is -0.127. The van der Waals surface area contributed by atoms with Crippen molar-refractivity contribution in [2.45, 2.75) is 33.2 Å². The van der Waals surface area contributed by atoms with Crippen molar-refractivity contribution in [2.75, 3.05) is 13.1 Å². The highest BCUT2D eigenvalue weighted by Gasteiger charge is 2.17. The first-order chi connectivity index (χ1) is 7.99. The Bertz CT molecular complexity index is 275. The van der Waals surface area contributed by atoms with Crippen molar-refractivity contribution < 1.29 is 9.59 Å². The topological polar surface area (TPSA) is 84.2 Å². The number of amides is 2. The second-order valence-corrected chi connectivity index (χ2v) is 4.20. The Balaban J connectivity index is 3.73. The lowest BCUT2D eigenvalue weighted by Gasteiger charge is -2.15. The molecule has 5 nitrogen and oxygen atoms in total. The Morgan fingerprint density at radius 1 is 1.29 bits per heavy atom. The average Bonchev–Trinajstić information content (AvgIpc) is 2.30. The van der Waals surface area contributed by atoms with E-state index in [9.17, 15) is 9.59 Å². The van der Waals surface area contributed by atoms with Gasteiger partial charge in [0.2, 0.25) is 11.8 Å². The minimum Gasteiger partial charge on any atom is -0.354 e. The van der Waals surface area contributed by atoms with Gasteiger partial charge in [-0.2, -0.15) is 0 Å². The standard InChI is InChI=1S/C12H23N3O2/c1-4-5-6-7-14-10(16)8-15-12(17)11(13)9(2)3/h4-5,9,11H,6-8,13H2,1-3H3,(H,14,16)(H,15,17)/b5-4+/t11-/m0/s1. The largest absolute Gasteiger partial charge is 0.354 e. The summed E-state index contributed by atoms with van der Waals surface area (Å²) in [6.45, 7) is 6.21. The third kappa shape index (κ3) is 7.52. The van der Waals surface area contributed by atoms with E-state index in [1.165, 1.54) is 0 Å². The van der Waals surface area contributed by atoms with E-state index in [0.717, 1.165) is 6.42 Å². The van der Waals surface area contributed by atoms with Crippen LogP contribution in [0.15, 0.2) is 12.2 Å². The van der Waals surface area contributed by atoms with E-state index in [0.29, 0.717) is 6.54 Å². The number of hydrogen-bond acceptors (Lipinski definition) is 3. The van der Waals surface area contributed by atoms with Crippen LogP contribution in [0, 0.1) is 5.92 Å². The molecule has 0 aromatic heterocycles. The summed E-state index contributed by atoms with van der Waals surface area (Å²) in [6.07, 6.45) is 4.69. The molecule has 0 aliphatic heterocycles. The molecule has 0 aromatic rings. The molecule has 0 rings (SSSR count). The predicted molar refractivity (Wildman–Crippen MR) is 68.3 cm³/mol. The summed E-state index contributed by atoms with van der Waals surface area (Å²) in [5.41, 5.74) is 5.63. The molecule has 0 heterocycles. The highest BCUT2D eigenvalue weighted by Crippen LogP contribution is 1.97. The average molecular weight is 241 g/mol. The van der Waals surface area contributed by atoms with E-state index in [4.69, 9.17) is 5.73 Å². The Hall–Kier alpha value is -1.36. The van der Waals surface area contributed by atoms with Gasteiger partial charge in [0, 0.05) is 6.54 Å². The van der Waals surface area contributed by atoms with Crippen LogP contribution in [0.4, 0.5) is 0 Å². The molecule has 2 amide bonds. The molecule has 1 atom stereocenters. The SMILES string of the molecule is C/C=C/CCNC(=O)CNC(=O)[C@@H](N)C(C)C. The third-order valence-electron chi connectivity index (χ3n) is 2.31. The van der Waals surface area contributed by atoms with Crippen LogP contribution in [0.3, 0.4) is 0 Å². The van der Waals surface area contributed by atoms with Gasteiger partial charge in [0.1, 0.15) is 0 Å². The second kappa shape index (κ2) is 8.75. The maximum Gasteiger partial charge on any atom is 0.239 e. The monoisotopic (exact) mass is 241 g/mol. The molecular weight excluding hydrogens is 218 g/mol. The number of nitrogens with one attached hydrogen (secondary N) is 2. The lowest BCUT2D eigenvalue weighted by Crippen LogP contribution is -2.47. The molecule has 0 aliphatic rings. The van der Waals surface area contributed by atoms with Crippen LogP contribution in [0.5, 0.6) is 0 Å². The van der Waals surface area contributed by atoms with Crippen LogP contribution < -0.4 is 16.4 Å². The summed E-state index contributed by atoms with van der Waals surface area (Å²) in [5, 5.41) is 5.21. The van der Waals surface area contributed by atoms with Crippen molar-refractivity contribution in [2.24, 2.45) is 11.7 Å². The van der Waals surface area contributed by atoms with Crippen molar-refractivity contribution in [3.63, 3.8) is 0 Å². The number of nitrogens with two attached hydrogens (primary N) is 1. The molecule has 0 radical (unpaired) electrons.